The highest BCUT2D eigenvalue weighted by molar-refractivity contribution is 6.36. The van der Waals surface area contributed by atoms with Crippen molar-refractivity contribution in [3.05, 3.63) is 98.5 Å². The number of aliphatic hydroxyl groups is 2. The van der Waals surface area contributed by atoms with Crippen LogP contribution in [0.2, 0.25) is 10.0 Å². The lowest BCUT2D eigenvalue weighted by Gasteiger charge is -2.28. The summed E-state index contributed by atoms with van der Waals surface area (Å²) in [5, 5.41) is 36.9. The molecule has 6 nitrogen and oxygen atoms in total. The summed E-state index contributed by atoms with van der Waals surface area (Å²) >= 11 is 12.4. The minimum Gasteiger partial charge on any atom is -0.508 e. The van der Waals surface area contributed by atoms with Gasteiger partial charge in [0.05, 0.1) is 19.1 Å². The van der Waals surface area contributed by atoms with Crippen LogP contribution in [0.5, 0.6) is 5.75 Å². The lowest BCUT2D eigenvalue weighted by atomic mass is 9.93. The van der Waals surface area contributed by atoms with Crippen molar-refractivity contribution in [2.45, 2.75) is 51.5 Å². The normalized spacial score (nSPS) is 12.4. The summed E-state index contributed by atoms with van der Waals surface area (Å²) in [5.41, 5.74) is 3.31. The van der Waals surface area contributed by atoms with Crippen molar-refractivity contribution in [3.8, 4) is 5.75 Å². The van der Waals surface area contributed by atoms with Gasteiger partial charge in [0.15, 0.2) is 0 Å². The number of nitrogens with one attached hydrogen (secondary N) is 2. The molecule has 8 heteroatoms. The number of carbonyl (C=O) groups excluding carboxylic acids is 1. The maximum Gasteiger partial charge on any atom is 0.224 e. The highest BCUT2D eigenvalue weighted by Gasteiger charge is 2.21. The zero-order valence-corrected chi connectivity index (χ0v) is 21.9. The van der Waals surface area contributed by atoms with Crippen LogP contribution in [0, 0.1) is 0 Å². The van der Waals surface area contributed by atoms with Gasteiger partial charge in [-0.3, -0.25) is 4.79 Å². The molecule has 0 fully saturated rings. The molecule has 0 aromatic heterocycles. The molecule has 0 aliphatic rings. The van der Waals surface area contributed by atoms with Gasteiger partial charge in [-0.25, -0.2) is 0 Å². The molecule has 1 atom stereocenters. The van der Waals surface area contributed by atoms with Crippen LogP contribution >= 0.6 is 23.2 Å². The van der Waals surface area contributed by atoms with Crippen LogP contribution in [0.4, 0.5) is 0 Å². The first kappa shape index (κ1) is 28.0. The number of phenols is 1. The fourth-order valence-corrected chi connectivity index (χ4v) is 4.52. The zero-order valence-electron chi connectivity index (χ0n) is 20.4. The number of aliphatic hydroxyl groups excluding tert-OH is 2. The fraction of sp³-hybridized carbons (Fsp3) is 0.321. The monoisotopic (exact) mass is 530 g/mol. The van der Waals surface area contributed by atoms with Crippen LogP contribution < -0.4 is 10.6 Å². The molecule has 0 saturated carbocycles. The first-order chi connectivity index (χ1) is 17.1. The molecule has 1 amide bonds. The fourth-order valence-electron chi connectivity index (χ4n) is 3.99. The van der Waals surface area contributed by atoms with E-state index in [-0.39, 0.29) is 36.8 Å². The Kier molecular flexibility index (Phi) is 9.77. The van der Waals surface area contributed by atoms with Gasteiger partial charge in [-0.15, -0.1) is 0 Å². The van der Waals surface area contributed by atoms with Gasteiger partial charge in [0, 0.05) is 39.8 Å². The standard InChI is InChI=1S/C28H32Cl2N2O4/c1-28(2,32-16-26(35)20-9-10-25(34)21(13-20)17-33)14-19-6-3-5-18(11-19)12-27(36)31-15-22-23(29)7-4-8-24(22)30/h3-11,13,26,32-35H,12,14-17H2,1-2H3,(H,31,36)/t26-/m0/s1. The molecule has 0 bridgehead atoms. The molecular weight excluding hydrogens is 499 g/mol. The minimum atomic E-state index is -0.795. The Labute approximate surface area is 221 Å². The van der Waals surface area contributed by atoms with Gasteiger partial charge in [-0.1, -0.05) is 59.6 Å². The molecular formula is C28H32Cl2N2O4. The SMILES string of the molecule is CC(C)(Cc1cccc(CC(=O)NCc2c(Cl)cccc2Cl)c1)NC[C@H](O)c1ccc(O)c(CO)c1. The number of β-amino-alcohol motifs (C(OH)–C–C–N with tert-alkyl or cyclic N) is 1. The maximum absolute atomic E-state index is 12.5. The smallest absolute Gasteiger partial charge is 0.224 e. The van der Waals surface area contributed by atoms with Crippen molar-refractivity contribution in [2.24, 2.45) is 0 Å². The molecule has 0 unspecified atom stereocenters. The van der Waals surface area contributed by atoms with Gasteiger partial charge in [-0.05, 0) is 61.2 Å². The number of benzene rings is 3. The summed E-state index contributed by atoms with van der Waals surface area (Å²) < 4.78 is 0. The summed E-state index contributed by atoms with van der Waals surface area (Å²) in [5.74, 6) is -0.122. The van der Waals surface area contributed by atoms with E-state index < -0.39 is 6.10 Å². The quantitative estimate of drug-likeness (QED) is 0.247. The predicted octanol–water partition coefficient (Wildman–Crippen LogP) is 4.69. The number of aromatic hydroxyl groups is 1. The van der Waals surface area contributed by atoms with E-state index in [2.05, 4.69) is 10.6 Å². The highest BCUT2D eigenvalue weighted by atomic mass is 35.5. The number of rotatable bonds is 11. The molecule has 0 spiro atoms. The number of hydrogen-bond acceptors (Lipinski definition) is 5. The molecule has 3 rings (SSSR count). The summed E-state index contributed by atoms with van der Waals surface area (Å²) in [4.78, 5) is 12.5. The summed E-state index contributed by atoms with van der Waals surface area (Å²) in [6.45, 7) is 4.35. The highest BCUT2D eigenvalue weighted by Crippen LogP contribution is 2.25. The van der Waals surface area contributed by atoms with Gasteiger partial charge in [0.2, 0.25) is 5.91 Å². The minimum absolute atomic E-state index is 0.00274. The van der Waals surface area contributed by atoms with Crippen LogP contribution in [0.3, 0.4) is 0 Å². The Balaban J connectivity index is 1.55. The first-order valence-corrected chi connectivity index (χ1v) is 12.5. The molecule has 192 valence electrons. The summed E-state index contributed by atoms with van der Waals surface area (Å²) in [6.07, 6.45) is 0.120. The van der Waals surface area contributed by atoms with E-state index in [1.807, 2.05) is 38.1 Å². The van der Waals surface area contributed by atoms with Crippen LogP contribution in [0.25, 0.3) is 0 Å². The first-order valence-electron chi connectivity index (χ1n) is 11.7. The van der Waals surface area contributed by atoms with E-state index in [1.165, 1.54) is 6.07 Å². The molecule has 36 heavy (non-hydrogen) atoms. The van der Waals surface area contributed by atoms with Gasteiger partial charge in [0.1, 0.15) is 5.75 Å². The molecule has 0 saturated heterocycles. The van der Waals surface area contributed by atoms with Gasteiger partial charge >= 0.3 is 0 Å². The van der Waals surface area contributed by atoms with Crippen molar-refractivity contribution in [1.82, 2.24) is 10.6 Å². The number of amides is 1. The summed E-state index contributed by atoms with van der Waals surface area (Å²) in [7, 11) is 0. The molecule has 5 N–H and O–H groups in total. The second-order valence-corrected chi connectivity index (χ2v) is 10.3. The summed E-state index contributed by atoms with van der Waals surface area (Å²) in [6, 6.07) is 17.8. The average molecular weight is 531 g/mol. The Morgan fingerprint density at radius 2 is 1.67 bits per heavy atom. The lowest BCUT2D eigenvalue weighted by molar-refractivity contribution is -0.120. The maximum atomic E-state index is 12.5. The van der Waals surface area contributed by atoms with Crippen molar-refractivity contribution in [2.75, 3.05) is 6.54 Å². The number of hydrogen-bond donors (Lipinski definition) is 5. The molecule has 0 aliphatic heterocycles. The van der Waals surface area contributed by atoms with Crippen LogP contribution in [-0.2, 0) is 30.8 Å². The van der Waals surface area contributed by atoms with E-state index in [0.29, 0.717) is 39.7 Å². The van der Waals surface area contributed by atoms with Crippen LogP contribution in [0.15, 0.2) is 60.7 Å². The van der Waals surface area contributed by atoms with E-state index in [0.717, 1.165) is 11.1 Å². The van der Waals surface area contributed by atoms with Gasteiger partial charge < -0.3 is 26.0 Å². The molecule has 0 heterocycles. The molecule has 0 radical (unpaired) electrons. The van der Waals surface area contributed by atoms with Crippen molar-refractivity contribution < 1.29 is 20.1 Å². The third-order valence-corrected chi connectivity index (χ3v) is 6.67. The molecule has 3 aromatic rings. The van der Waals surface area contributed by atoms with Crippen molar-refractivity contribution in [1.29, 1.82) is 0 Å². The van der Waals surface area contributed by atoms with E-state index in [9.17, 15) is 20.1 Å². The topological polar surface area (TPSA) is 102 Å². The lowest BCUT2D eigenvalue weighted by Crippen LogP contribution is -2.43. The zero-order chi connectivity index (χ0) is 26.3. The molecule has 0 aliphatic carbocycles. The number of carbonyl (C=O) groups is 1. The predicted molar refractivity (Wildman–Crippen MR) is 143 cm³/mol. The van der Waals surface area contributed by atoms with E-state index >= 15 is 0 Å². The molecule has 3 aromatic carbocycles. The average Bonchev–Trinajstić information content (AvgIpc) is 2.82. The Morgan fingerprint density at radius 3 is 2.36 bits per heavy atom. The third kappa shape index (κ3) is 7.95. The number of halogens is 2. The Morgan fingerprint density at radius 1 is 1.00 bits per heavy atom. The van der Waals surface area contributed by atoms with E-state index in [4.69, 9.17) is 23.2 Å². The Bertz CT molecular complexity index is 1180. The van der Waals surface area contributed by atoms with Crippen molar-refractivity contribution >= 4 is 29.1 Å². The van der Waals surface area contributed by atoms with Gasteiger partial charge in [0.25, 0.3) is 0 Å². The second kappa shape index (κ2) is 12.6. The van der Waals surface area contributed by atoms with Crippen molar-refractivity contribution in [3.63, 3.8) is 0 Å². The second-order valence-electron chi connectivity index (χ2n) is 9.48. The Hall–Kier alpha value is -2.61. The van der Waals surface area contributed by atoms with Crippen LogP contribution in [0.1, 0.15) is 47.8 Å². The van der Waals surface area contributed by atoms with E-state index in [1.54, 1.807) is 30.3 Å². The third-order valence-electron chi connectivity index (χ3n) is 5.96. The van der Waals surface area contributed by atoms with Gasteiger partial charge in [-0.2, -0.15) is 0 Å². The largest absolute Gasteiger partial charge is 0.508 e. The van der Waals surface area contributed by atoms with Crippen LogP contribution in [-0.4, -0.2) is 33.3 Å².